The number of halogens is 1. The van der Waals surface area contributed by atoms with Crippen LogP contribution in [0.5, 0.6) is 0 Å². The van der Waals surface area contributed by atoms with Gasteiger partial charge in [-0.05, 0) is 31.2 Å². The molecule has 3 N–H and O–H groups in total. The molecule has 1 aromatic rings. The zero-order valence-corrected chi connectivity index (χ0v) is 15.1. The van der Waals surface area contributed by atoms with E-state index in [0.717, 1.165) is 4.47 Å². The molecule has 6 nitrogen and oxygen atoms in total. The Morgan fingerprint density at radius 1 is 1.43 bits per heavy atom. The third kappa shape index (κ3) is 4.33. The fraction of sp³-hybridized carbons (Fsp3) is 0.400. The number of amides is 2. The largest absolute Gasteiger partial charge is 0.462 e. The summed E-state index contributed by atoms with van der Waals surface area (Å²) in [5, 5.41) is -0.482. The van der Waals surface area contributed by atoms with E-state index in [9.17, 15) is 14.4 Å². The lowest BCUT2D eigenvalue weighted by atomic mass is 10.3. The van der Waals surface area contributed by atoms with Gasteiger partial charge in [0.15, 0.2) is 6.04 Å². The molecular weight excluding hydrogens is 384 g/mol. The molecule has 0 spiro atoms. The second kappa shape index (κ2) is 7.94. The molecule has 1 aromatic carbocycles. The van der Waals surface area contributed by atoms with Gasteiger partial charge >= 0.3 is 5.97 Å². The van der Waals surface area contributed by atoms with Gasteiger partial charge in [-0.15, -0.1) is 11.8 Å². The molecule has 0 aliphatic carbocycles. The SMILES string of the molecule is CCOC(=O)[C@H]([NH3+])CS[C@H]1CC(=O)N(c2ccc(Br)cc2)C1=O. The van der Waals surface area contributed by atoms with E-state index in [1.165, 1.54) is 16.7 Å². The van der Waals surface area contributed by atoms with Crippen molar-refractivity contribution < 1.29 is 24.9 Å². The number of benzene rings is 1. The molecule has 124 valence electrons. The number of esters is 1. The average Bonchev–Trinajstić information content (AvgIpc) is 2.80. The maximum absolute atomic E-state index is 12.4. The predicted molar refractivity (Wildman–Crippen MR) is 90.8 cm³/mol. The summed E-state index contributed by atoms with van der Waals surface area (Å²) in [4.78, 5) is 37.3. The smallest absolute Gasteiger partial charge is 0.365 e. The van der Waals surface area contributed by atoms with Gasteiger partial charge in [0.05, 0.1) is 23.3 Å². The lowest BCUT2D eigenvalue weighted by Gasteiger charge is -2.15. The highest BCUT2D eigenvalue weighted by Crippen LogP contribution is 2.30. The third-order valence-electron chi connectivity index (χ3n) is 3.31. The van der Waals surface area contributed by atoms with Crippen molar-refractivity contribution in [1.82, 2.24) is 0 Å². The van der Waals surface area contributed by atoms with Crippen LogP contribution in [0.25, 0.3) is 0 Å². The molecule has 0 radical (unpaired) electrons. The van der Waals surface area contributed by atoms with Crippen LogP contribution in [0.15, 0.2) is 28.7 Å². The van der Waals surface area contributed by atoms with Crippen LogP contribution in [0.1, 0.15) is 13.3 Å². The van der Waals surface area contributed by atoms with Crippen LogP contribution in [0.3, 0.4) is 0 Å². The Hall–Kier alpha value is -1.38. The maximum atomic E-state index is 12.4. The second-order valence-electron chi connectivity index (χ2n) is 5.02. The summed E-state index contributed by atoms with van der Waals surface area (Å²) in [6.07, 6.45) is 0.134. The van der Waals surface area contributed by atoms with Crippen molar-refractivity contribution in [1.29, 1.82) is 0 Å². The molecular formula is C15H18BrN2O4S+. The van der Waals surface area contributed by atoms with Crippen LogP contribution >= 0.6 is 27.7 Å². The lowest BCUT2D eigenvalue weighted by molar-refractivity contribution is -0.401. The minimum Gasteiger partial charge on any atom is -0.462 e. The van der Waals surface area contributed by atoms with E-state index in [1.54, 1.807) is 31.2 Å². The van der Waals surface area contributed by atoms with Gasteiger partial charge in [-0.2, -0.15) is 0 Å². The average molecular weight is 402 g/mol. The molecule has 2 atom stereocenters. The Morgan fingerprint density at radius 3 is 2.70 bits per heavy atom. The zero-order valence-electron chi connectivity index (χ0n) is 12.7. The molecule has 1 aliphatic heterocycles. The molecule has 0 bridgehead atoms. The maximum Gasteiger partial charge on any atom is 0.365 e. The zero-order chi connectivity index (χ0) is 17.0. The summed E-state index contributed by atoms with van der Waals surface area (Å²) in [6.45, 7) is 2.03. The minimum absolute atomic E-state index is 0.134. The molecule has 1 fully saturated rings. The predicted octanol–water partition coefficient (Wildman–Crippen LogP) is 0.988. The molecule has 0 aromatic heterocycles. The van der Waals surface area contributed by atoms with Crippen molar-refractivity contribution in [3.63, 3.8) is 0 Å². The van der Waals surface area contributed by atoms with Crippen LogP contribution in [0.4, 0.5) is 5.69 Å². The van der Waals surface area contributed by atoms with Gasteiger partial charge in [-0.25, -0.2) is 9.69 Å². The van der Waals surface area contributed by atoms with E-state index in [1.807, 2.05) is 0 Å². The summed E-state index contributed by atoms with van der Waals surface area (Å²) in [6, 6.07) is 6.45. The minimum atomic E-state index is -0.551. The Labute approximate surface area is 146 Å². The summed E-state index contributed by atoms with van der Waals surface area (Å²) in [7, 11) is 0. The second-order valence-corrected chi connectivity index (χ2v) is 7.17. The van der Waals surface area contributed by atoms with E-state index in [4.69, 9.17) is 4.74 Å². The molecule has 0 saturated carbocycles. The molecule has 1 aliphatic rings. The van der Waals surface area contributed by atoms with Crippen molar-refractivity contribution in [2.75, 3.05) is 17.3 Å². The number of thioether (sulfide) groups is 1. The number of carbonyl (C=O) groups excluding carboxylic acids is 3. The molecule has 8 heteroatoms. The van der Waals surface area contributed by atoms with Gasteiger partial charge in [0.25, 0.3) is 0 Å². The van der Waals surface area contributed by atoms with Gasteiger partial charge in [-0.1, -0.05) is 15.9 Å². The third-order valence-corrected chi connectivity index (χ3v) is 5.20. The number of imide groups is 1. The molecule has 2 amide bonds. The normalized spacial score (nSPS) is 19.1. The first kappa shape index (κ1) is 18.0. The summed E-state index contributed by atoms with van der Waals surface area (Å²) >= 11 is 4.60. The van der Waals surface area contributed by atoms with Crippen LogP contribution in [0.2, 0.25) is 0 Å². The molecule has 1 heterocycles. The lowest BCUT2D eigenvalue weighted by Crippen LogP contribution is -2.66. The van der Waals surface area contributed by atoms with Crippen LogP contribution in [-0.2, 0) is 19.1 Å². The van der Waals surface area contributed by atoms with E-state index >= 15 is 0 Å². The molecule has 2 rings (SSSR count). The number of ether oxygens (including phenoxy) is 1. The Morgan fingerprint density at radius 2 is 2.09 bits per heavy atom. The number of rotatable bonds is 6. The van der Waals surface area contributed by atoms with Gasteiger partial charge in [-0.3, -0.25) is 9.59 Å². The number of anilines is 1. The van der Waals surface area contributed by atoms with Crippen molar-refractivity contribution in [2.45, 2.75) is 24.6 Å². The van der Waals surface area contributed by atoms with Crippen molar-refractivity contribution in [3.8, 4) is 0 Å². The van der Waals surface area contributed by atoms with E-state index < -0.39 is 11.3 Å². The summed E-state index contributed by atoms with van der Waals surface area (Å²) in [5.74, 6) is -0.525. The van der Waals surface area contributed by atoms with Crippen molar-refractivity contribution in [3.05, 3.63) is 28.7 Å². The number of carbonyl (C=O) groups is 3. The first-order valence-electron chi connectivity index (χ1n) is 7.17. The van der Waals surface area contributed by atoms with E-state index in [-0.39, 0.29) is 24.2 Å². The summed E-state index contributed by atoms with van der Waals surface area (Å²) in [5.41, 5.74) is 4.30. The van der Waals surface area contributed by atoms with Crippen molar-refractivity contribution in [2.24, 2.45) is 0 Å². The first-order chi connectivity index (χ1) is 10.9. The number of hydrogen-bond acceptors (Lipinski definition) is 5. The molecule has 0 unspecified atom stereocenters. The van der Waals surface area contributed by atoms with Gasteiger partial charge < -0.3 is 10.5 Å². The molecule has 23 heavy (non-hydrogen) atoms. The highest BCUT2D eigenvalue weighted by atomic mass is 79.9. The first-order valence-corrected chi connectivity index (χ1v) is 9.02. The van der Waals surface area contributed by atoms with Gasteiger partial charge in [0, 0.05) is 10.9 Å². The van der Waals surface area contributed by atoms with Gasteiger partial charge in [0.2, 0.25) is 11.8 Å². The topological polar surface area (TPSA) is 91.3 Å². The standard InChI is InChI=1S/C15H17BrN2O4S/c1-2-22-15(21)11(17)8-23-12-7-13(19)18(14(12)20)10-5-3-9(16)4-6-10/h3-6,11-12H,2,7-8,17H2,1H3/p+1/t11-,12+/m1/s1. The van der Waals surface area contributed by atoms with Crippen molar-refractivity contribution >= 4 is 51.2 Å². The number of nitrogens with zero attached hydrogens (tertiary/aromatic N) is 1. The summed E-state index contributed by atoms with van der Waals surface area (Å²) < 4.78 is 5.76. The van der Waals surface area contributed by atoms with Crippen LogP contribution < -0.4 is 10.6 Å². The van der Waals surface area contributed by atoms with Crippen LogP contribution in [-0.4, -0.2) is 41.4 Å². The highest BCUT2D eigenvalue weighted by Gasteiger charge is 2.40. The molecule has 1 saturated heterocycles. The fourth-order valence-corrected chi connectivity index (χ4v) is 3.53. The van der Waals surface area contributed by atoms with Crippen LogP contribution in [0, 0.1) is 0 Å². The number of quaternary nitrogens is 1. The number of hydrogen-bond donors (Lipinski definition) is 1. The van der Waals surface area contributed by atoms with E-state index in [0.29, 0.717) is 18.0 Å². The quantitative estimate of drug-likeness (QED) is 0.566. The highest BCUT2D eigenvalue weighted by molar-refractivity contribution is 9.10. The Kier molecular flexibility index (Phi) is 6.20. The monoisotopic (exact) mass is 401 g/mol. The Bertz CT molecular complexity index is 608. The van der Waals surface area contributed by atoms with Gasteiger partial charge in [0.1, 0.15) is 0 Å². The fourth-order valence-electron chi connectivity index (χ4n) is 2.16. The van der Waals surface area contributed by atoms with E-state index in [2.05, 4.69) is 21.7 Å². The Balaban J connectivity index is 1.98.